The number of amides is 4. The molecule has 4 N–H and O–H groups in total. The smallest absolute Gasteiger partial charge is 0.407 e. The van der Waals surface area contributed by atoms with Crippen LogP contribution < -0.4 is 10.6 Å². The van der Waals surface area contributed by atoms with Crippen LogP contribution in [0.5, 0.6) is 0 Å². The molecule has 8 rings (SSSR count). The van der Waals surface area contributed by atoms with Gasteiger partial charge in [0.1, 0.15) is 29.8 Å². The molecule has 0 unspecified atom stereocenters. The number of benzene rings is 3. The molecule has 3 aliphatic heterocycles. The second-order valence-corrected chi connectivity index (χ2v) is 16.0. The minimum absolute atomic E-state index is 0.0345. The lowest BCUT2D eigenvalue weighted by atomic mass is 9.90. The van der Waals surface area contributed by atoms with Gasteiger partial charge in [0.2, 0.25) is 11.8 Å². The van der Waals surface area contributed by atoms with E-state index >= 15 is 0 Å². The minimum atomic E-state index is -0.755. The molecule has 3 saturated heterocycles. The fourth-order valence-electron chi connectivity index (χ4n) is 8.69. The SMILES string of the molecule is COC(=O)N[C@H](C(=O)N1CCOC[C@H]1c1nc2ccc(-c3ccc4cc(-c5cnc([C@@H]6CCCN6C(=O)[C@@H](NC(=O)OC)C6CCOCC6)[nH]5)ccc4c3)cc2[nH]1)C(C)C. The monoisotopic (exact) mass is 820 g/mol. The number of aromatic nitrogens is 4. The second kappa shape index (κ2) is 17.7. The maximum Gasteiger partial charge on any atom is 0.407 e. The van der Waals surface area contributed by atoms with Crippen LogP contribution in [0, 0.1) is 11.8 Å². The molecule has 2 aromatic heterocycles. The quantitative estimate of drug-likeness (QED) is 0.133. The van der Waals surface area contributed by atoms with E-state index in [4.69, 9.17) is 28.9 Å². The van der Waals surface area contributed by atoms with Crippen LogP contribution in [0.1, 0.15) is 63.3 Å². The number of carbonyl (C=O) groups excluding carboxylic acids is 4. The molecule has 0 bridgehead atoms. The molecule has 3 fully saturated rings. The summed E-state index contributed by atoms with van der Waals surface area (Å²) in [6, 6.07) is 16.6. The van der Waals surface area contributed by atoms with Crippen LogP contribution in [0.25, 0.3) is 44.2 Å². The maximum absolute atomic E-state index is 14.0. The molecule has 0 aliphatic carbocycles. The maximum atomic E-state index is 14.0. The molecule has 4 atom stereocenters. The third-order valence-electron chi connectivity index (χ3n) is 12.0. The van der Waals surface area contributed by atoms with Crippen molar-refractivity contribution in [2.24, 2.45) is 11.8 Å². The third-order valence-corrected chi connectivity index (χ3v) is 12.0. The number of likely N-dealkylation sites (tertiary alicyclic amines) is 1. The number of morpholine rings is 1. The zero-order chi connectivity index (χ0) is 41.9. The van der Waals surface area contributed by atoms with Gasteiger partial charge in [-0.3, -0.25) is 9.59 Å². The summed E-state index contributed by atoms with van der Waals surface area (Å²) >= 11 is 0. The van der Waals surface area contributed by atoms with Crippen molar-refractivity contribution < 1.29 is 38.1 Å². The molecule has 0 saturated carbocycles. The van der Waals surface area contributed by atoms with E-state index < -0.39 is 30.3 Å². The van der Waals surface area contributed by atoms with Crippen molar-refractivity contribution in [2.45, 2.75) is 63.7 Å². The van der Waals surface area contributed by atoms with Crippen molar-refractivity contribution in [1.82, 2.24) is 40.4 Å². The Hall–Kier alpha value is -6.00. The molecular weight excluding hydrogens is 769 g/mol. The second-order valence-electron chi connectivity index (χ2n) is 16.0. The summed E-state index contributed by atoms with van der Waals surface area (Å²) in [6.07, 6.45) is 3.53. The van der Waals surface area contributed by atoms with Crippen molar-refractivity contribution in [2.75, 3.05) is 53.7 Å². The molecule has 5 aromatic rings. The first-order valence-corrected chi connectivity index (χ1v) is 20.7. The van der Waals surface area contributed by atoms with Gasteiger partial charge in [0, 0.05) is 31.9 Å². The number of fused-ring (bicyclic) bond motifs is 2. The lowest BCUT2D eigenvalue weighted by Crippen LogP contribution is -2.54. The number of hydrogen-bond acceptors (Lipinski definition) is 10. The first kappa shape index (κ1) is 40.8. The highest BCUT2D eigenvalue weighted by Gasteiger charge is 2.40. The van der Waals surface area contributed by atoms with Gasteiger partial charge in [0.05, 0.1) is 56.4 Å². The van der Waals surface area contributed by atoms with Crippen molar-refractivity contribution in [3.05, 3.63) is 72.4 Å². The number of rotatable bonds is 10. The Morgan fingerprint density at radius 3 is 2.18 bits per heavy atom. The summed E-state index contributed by atoms with van der Waals surface area (Å²) in [4.78, 5) is 72.2. The summed E-state index contributed by atoms with van der Waals surface area (Å²) in [5, 5.41) is 7.63. The zero-order valence-electron chi connectivity index (χ0n) is 34.4. The third kappa shape index (κ3) is 8.39. The van der Waals surface area contributed by atoms with E-state index in [2.05, 4.69) is 63.1 Å². The van der Waals surface area contributed by atoms with Crippen LogP contribution in [-0.2, 0) is 28.5 Å². The number of ether oxygens (including phenoxy) is 4. The van der Waals surface area contributed by atoms with E-state index in [0.717, 1.165) is 62.9 Å². The Balaban J connectivity index is 0.983. The Morgan fingerprint density at radius 2 is 1.43 bits per heavy atom. The fourth-order valence-corrected chi connectivity index (χ4v) is 8.69. The molecule has 316 valence electrons. The van der Waals surface area contributed by atoms with E-state index in [1.165, 1.54) is 14.2 Å². The van der Waals surface area contributed by atoms with Crippen molar-refractivity contribution in [3.8, 4) is 22.4 Å². The number of H-pyrrole nitrogens is 2. The Kier molecular flexibility index (Phi) is 12.0. The van der Waals surface area contributed by atoms with Crippen LogP contribution in [-0.4, -0.2) is 120 Å². The molecular formula is C44H52N8O8. The summed E-state index contributed by atoms with van der Waals surface area (Å²) in [7, 11) is 2.58. The average Bonchev–Trinajstić information content (AvgIpc) is 4.07. The summed E-state index contributed by atoms with van der Waals surface area (Å²) in [6.45, 7) is 6.49. The van der Waals surface area contributed by atoms with Gasteiger partial charge in [-0.25, -0.2) is 19.6 Å². The van der Waals surface area contributed by atoms with Gasteiger partial charge in [-0.05, 0) is 83.7 Å². The van der Waals surface area contributed by atoms with E-state index in [9.17, 15) is 19.2 Å². The molecule has 16 heteroatoms. The van der Waals surface area contributed by atoms with Gasteiger partial charge in [-0.2, -0.15) is 0 Å². The van der Waals surface area contributed by atoms with E-state index in [1.807, 2.05) is 37.1 Å². The predicted molar refractivity (Wildman–Crippen MR) is 223 cm³/mol. The minimum Gasteiger partial charge on any atom is -0.453 e. The molecule has 16 nitrogen and oxygen atoms in total. The van der Waals surface area contributed by atoms with Gasteiger partial charge < -0.3 is 49.3 Å². The summed E-state index contributed by atoms with van der Waals surface area (Å²) in [5.41, 5.74) is 5.48. The lowest BCUT2D eigenvalue weighted by Gasteiger charge is -2.37. The summed E-state index contributed by atoms with van der Waals surface area (Å²) in [5.74, 6) is 0.814. The van der Waals surface area contributed by atoms with Crippen LogP contribution in [0.3, 0.4) is 0 Å². The van der Waals surface area contributed by atoms with E-state index in [0.29, 0.717) is 51.6 Å². The van der Waals surface area contributed by atoms with Crippen LogP contribution in [0.2, 0.25) is 0 Å². The number of imidazole rings is 2. The van der Waals surface area contributed by atoms with Gasteiger partial charge in [-0.15, -0.1) is 0 Å². The zero-order valence-corrected chi connectivity index (χ0v) is 34.4. The molecule has 3 aromatic carbocycles. The van der Waals surface area contributed by atoms with Crippen LogP contribution >= 0.6 is 0 Å². The Morgan fingerprint density at radius 1 is 0.750 bits per heavy atom. The van der Waals surface area contributed by atoms with E-state index in [-0.39, 0.29) is 36.3 Å². The molecule has 60 heavy (non-hydrogen) atoms. The van der Waals surface area contributed by atoms with Gasteiger partial charge in [0.25, 0.3) is 0 Å². The number of methoxy groups -OCH3 is 2. The van der Waals surface area contributed by atoms with Gasteiger partial charge >= 0.3 is 12.2 Å². The largest absolute Gasteiger partial charge is 0.453 e. The molecule has 3 aliphatic rings. The first-order chi connectivity index (χ1) is 29.1. The highest BCUT2D eigenvalue weighted by Crippen LogP contribution is 2.35. The van der Waals surface area contributed by atoms with Crippen LogP contribution in [0.15, 0.2) is 60.8 Å². The van der Waals surface area contributed by atoms with Gasteiger partial charge in [-0.1, -0.05) is 44.2 Å². The molecule has 0 radical (unpaired) electrons. The average molecular weight is 821 g/mol. The predicted octanol–water partition coefficient (Wildman–Crippen LogP) is 5.87. The highest BCUT2D eigenvalue weighted by molar-refractivity contribution is 5.92. The fraction of sp³-hybridized carbons (Fsp3) is 0.455. The Labute approximate surface area is 347 Å². The number of nitrogens with zero attached hydrogens (tertiary/aromatic N) is 4. The molecule has 0 spiro atoms. The standard InChI is InChI=1S/C44H52N8O8/c1-25(2)37(49-43(55)57-3)41(53)52-16-19-60-24-36(52)40-46-32-12-11-30(22-33(32)47-40)28-7-8-29-21-31(10-9-27(29)20-28)34-23-45-39(48-34)35-6-5-15-51(35)42(54)38(50-44(56)58-4)26-13-17-59-18-14-26/h7-12,20-23,25-26,35-38H,5-6,13-19,24H2,1-4H3,(H,45,48)(H,46,47)(H,49,55)(H,50,56)/t35-,36-,37-,38-/m0/s1. The first-order valence-electron chi connectivity index (χ1n) is 20.7. The topological polar surface area (TPSA) is 193 Å². The summed E-state index contributed by atoms with van der Waals surface area (Å²) < 4.78 is 21.0. The number of hydrogen-bond donors (Lipinski definition) is 4. The van der Waals surface area contributed by atoms with Crippen molar-refractivity contribution in [1.29, 1.82) is 0 Å². The van der Waals surface area contributed by atoms with Crippen molar-refractivity contribution >= 4 is 45.8 Å². The highest BCUT2D eigenvalue weighted by atomic mass is 16.5. The molecule has 4 amide bonds. The van der Waals surface area contributed by atoms with Crippen LogP contribution in [0.4, 0.5) is 9.59 Å². The number of carbonyl (C=O) groups is 4. The normalized spacial score (nSPS) is 19.7. The number of alkyl carbamates (subject to hydrolysis) is 2. The van der Waals surface area contributed by atoms with E-state index in [1.54, 1.807) is 4.90 Å². The molecule has 5 heterocycles. The Bertz CT molecular complexity index is 2370. The lowest BCUT2D eigenvalue weighted by molar-refractivity contribution is -0.143. The van der Waals surface area contributed by atoms with Crippen molar-refractivity contribution in [3.63, 3.8) is 0 Å². The number of nitrogens with one attached hydrogen (secondary N) is 4. The van der Waals surface area contributed by atoms with Gasteiger partial charge in [0.15, 0.2) is 0 Å². The number of aromatic amines is 2.